The summed E-state index contributed by atoms with van der Waals surface area (Å²) in [6.07, 6.45) is 7.07. The van der Waals surface area contributed by atoms with E-state index in [-0.39, 0.29) is 5.91 Å². The van der Waals surface area contributed by atoms with E-state index in [1.165, 1.54) is 0 Å². The number of nitrogens with zero attached hydrogens (tertiary/aromatic N) is 4. The fourth-order valence-corrected chi connectivity index (χ4v) is 3.91. The summed E-state index contributed by atoms with van der Waals surface area (Å²) < 4.78 is 2.06. The standard InChI is InChI=1S/C23H26N4O/c1-2-21-24-13-16-27(21)22-10-6-9-20(25-22)19-11-14-26(15-12-19)23(28)17-18-7-4-3-5-8-18/h3-10,13,16,19H,2,11-12,14-15,17H2,1H3. The van der Waals surface area contributed by atoms with Crippen molar-refractivity contribution >= 4 is 5.91 Å². The maximum absolute atomic E-state index is 12.6. The number of aryl methyl sites for hydroxylation is 1. The molecule has 144 valence electrons. The molecule has 0 radical (unpaired) electrons. The van der Waals surface area contributed by atoms with Crippen molar-refractivity contribution in [2.24, 2.45) is 0 Å². The van der Waals surface area contributed by atoms with E-state index >= 15 is 0 Å². The van der Waals surface area contributed by atoms with Crippen LogP contribution in [0.4, 0.5) is 0 Å². The van der Waals surface area contributed by atoms with Crippen LogP contribution in [0.2, 0.25) is 0 Å². The van der Waals surface area contributed by atoms with Gasteiger partial charge in [0, 0.05) is 43.5 Å². The maximum atomic E-state index is 12.6. The second-order valence-electron chi connectivity index (χ2n) is 7.31. The highest BCUT2D eigenvalue weighted by atomic mass is 16.2. The summed E-state index contributed by atoms with van der Waals surface area (Å²) in [5.74, 6) is 2.56. The molecule has 1 aromatic carbocycles. The van der Waals surface area contributed by atoms with Crippen LogP contribution in [0.15, 0.2) is 60.9 Å². The minimum absolute atomic E-state index is 0.220. The summed E-state index contributed by atoms with van der Waals surface area (Å²) in [6, 6.07) is 16.2. The first-order valence-electron chi connectivity index (χ1n) is 10.1. The Hall–Kier alpha value is -2.95. The van der Waals surface area contributed by atoms with Crippen molar-refractivity contribution < 1.29 is 4.79 Å². The van der Waals surface area contributed by atoms with Gasteiger partial charge in [-0.2, -0.15) is 0 Å². The predicted octanol–water partition coefficient (Wildman–Crippen LogP) is 3.78. The first-order valence-corrected chi connectivity index (χ1v) is 10.1. The van der Waals surface area contributed by atoms with Crippen LogP contribution < -0.4 is 0 Å². The number of rotatable bonds is 5. The van der Waals surface area contributed by atoms with Gasteiger partial charge in [-0.1, -0.05) is 43.3 Å². The van der Waals surface area contributed by atoms with Crippen LogP contribution in [0, 0.1) is 0 Å². The highest BCUT2D eigenvalue weighted by Crippen LogP contribution is 2.27. The largest absolute Gasteiger partial charge is 0.342 e. The molecule has 1 fully saturated rings. The fraction of sp³-hybridized carbons (Fsp3) is 0.348. The van der Waals surface area contributed by atoms with E-state index in [0.717, 1.165) is 55.3 Å². The molecule has 1 aliphatic rings. The van der Waals surface area contributed by atoms with Crippen LogP contribution in [0.5, 0.6) is 0 Å². The maximum Gasteiger partial charge on any atom is 0.226 e. The fourth-order valence-electron chi connectivity index (χ4n) is 3.91. The molecule has 0 atom stereocenters. The number of imidazole rings is 1. The van der Waals surface area contributed by atoms with Gasteiger partial charge in [0.25, 0.3) is 0 Å². The normalized spacial score (nSPS) is 15.0. The van der Waals surface area contributed by atoms with Gasteiger partial charge in [0.2, 0.25) is 5.91 Å². The Morgan fingerprint density at radius 2 is 1.86 bits per heavy atom. The molecule has 0 aliphatic carbocycles. The number of hydrogen-bond donors (Lipinski definition) is 0. The van der Waals surface area contributed by atoms with Crippen molar-refractivity contribution in [2.75, 3.05) is 13.1 Å². The number of carbonyl (C=O) groups excluding carboxylic acids is 1. The molecule has 0 bridgehead atoms. The lowest BCUT2D eigenvalue weighted by atomic mass is 9.92. The van der Waals surface area contributed by atoms with Crippen molar-refractivity contribution in [2.45, 2.75) is 38.5 Å². The lowest BCUT2D eigenvalue weighted by molar-refractivity contribution is -0.131. The minimum Gasteiger partial charge on any atom is -0.342 e. The van der Waals surface area contributed by atoms with Crippen LogP contribution in [-0.2, 0) is 17.6 Å². The number of pyridine rings is 1. The molecule has 0 unspecified atom stereocenters. The van der Waals surface area contributed by atoms with E-state index < -0.39 is 0 Å². The summed E-state index contributed by atoms with van der Waals surface area (Å²) in [7, 11) is 0. The van der Waals surface area contributed by atoms with Gasteiger partial charge < -0.3 is 4.90 Å². The number of hydrogen-bond acceptors (Lipinski definition) is 3. The number of piperidine rings is 1. The smallest absolute Gasteiger partial charge is 0.226 e. The van der Waals surface area contributed by atoms with Gasteiger partial charge in [0.05, 0.1) is 6.42 Å². The van der Waals surface area contributed by atoms with E-state index in [1.54, 1.807) is 0 Å². The van der Waals surface area contributed by atoms with Crippen molar-refractivity contribution in [3.63, 3.8) is 0 Å². The van der Waals surface area contributed by atoms with Gasteiger partial charge in [-0.05, 0) is 30.5 Å². The van der Waals surface area contributed by atoms with Gasteiger partial charge in [-0.25, -0.2) is 9.97 Å². The second kappa shape index (κ2) is 8.38. The summed E-state index contributed by atoms with van der Waals surface area (Å²) in [6.45, 7) is 3.70. The molecular weight excluding hydrogens is 348 g/mol. The molecular formula is C23H26N4O. The third-order valence-corrected chi connectivity index (χ3v) is 5.50. The lowest BCUT2D eigenvalue weighted by Gasteiger charge is -2.32. The molecule has 3 aromatic rings. The average Bonchev–Trinajstić information content (AvgIpc) is 3.24. The summed E-state index contributed by atoms with van der Waals surface area (Å²) in [5.41, 5.74) is 2.19. The van der Waals surface area contributed by atoms with Crippen LogP contribution in [0.3, 0.4) is 0 Å². The van der Waals surface area contributed by atoms with Crippen LogP contribution in [0.1, 0.15) is 42.8 Å². The monoisotopic (exact) mass is 374 g/mol. The van der Waals surface area contributed by atoms with Crippen LogP contribution in [-0.4, -0.2) is 38.4 Å². The molecule has 3 heterocycles. The molecule has 0 N–H and O–H groups in total. The number of carbonyl (C=O) groups is 1. The Balaban J connectivity index is 1.40. The molecule has 1 amide bonds. The van der Waals surface area contributed by atoms with Crippen molar-refractivity contribution in [1.82, 2.24) is 19.4 Å². The van der Waals surface area contributed by atoms with Crippen LogP contribution >= 0.6 is 0 Å². The highest BCUT2D eigenvalue weighted by molar-refractivity contribution is 5.78. The highest BCUT2D eigenvalue weighted by Gasteiger charge is 2.25. The third-order valence-electron chi connectivity index (χ3n) is 5.50. The summed E-state index contributed by atoms with van der Waals surface area (Å²) >= 11 is 0. The number of benzene rings is 1. The Bertz CT molecular complexity index is 927. The van der Waals surface area contributed by atoms with E-state index in [9.17, 15) is 4.79 Å². The van der Waals surface area contributed by atoms with Gasteiger partial charge >= 0.3 is 0 Å². The van der Waals surface area contributed by atoms with E-state index in [0.29, 0.717) is 12.3 Å². The van der Waals surface area contributed by atoms with Crippen molar-refractivity contribution in [3.8, 4) is 5.82 Å². The van der Waals surface area contributed by atoms with Crippen LogP contribution in [0.25, 0.3) is 5.82 Å². The molecule has 5 heteroatoms. The molecule has 1 saturated heterocycles. The van der Waals surface area contributed by atoms with Gasteiger partial charge in [0.15, 0.2) is 0 Å². The van der Waals surface area contributed by atoms with Gasteiger partial charge in [0.1, 0.15) is 11.6 Å². The summed E-state index contributed by atoms with van der Waals surface area (Å²) in [5, 5.41) is 0. The molecule has 28 heavy (non-hydrogen) atoms. The first-order chi connectivity index (χ1) is 13.7. The zero-order valence-corrected chi connectivity index (χ0v) is 16.3. The average molecular weight is 374 g/mol. The van der Waals surface area contributed by atoms with Crippen molar-refractivity contribution in [3.05, 3.63) is 78.0 Å². The Morgan fingerprint density at radius 1 is 1.07 bits per heavy atom. The first kappa shape index (κ1) is 18.4. The third kappa shape index (κ3) is 3.98. The number of amides is 1. The number of aromatic nitrogens is 3. The quantitative estimate of drug-likeness (QED) is 0.683. The van der Waals surface area contributed by atoms with E-state index in [2.05, 4.69) is 28.6 Å². The molecule has 4 rings (SSSR count). The summed E-state index contributed by atoms with van der Waals surface area (Å²) in [4.78, 5) is 23.9. The minimum atomic E-state index is 0.220. The molecule has 5 nitrogen and oxygen atoms in total. The zero-order valence-electron chi connectivity index (χ0n) is 16.3. The van der Waals surface area contributed by atoms with E-state index in [4.69, 9.17) is 4.98 Å². The van der Waals surface area contributed by atoms with Crippen molar-refractivity contribution in [1.29, 1.82) is 0 Å². The molecule has 2 aromatic heterocycles. The molecule has 0 spiro atoms. The SMILES string of the molecule is CCc1nccn1-c1cccc(C2CCN(C(=O)Cc3ccccc3)CC2)n1. The second-order valence-corrected chi connectivity index (χ2v) is 7.31. The number of likely N-dealkylation sites (tertiary alicyclic amines) is 1. The Morgan fingerprint density at radius 3 is 2.61 bits per heavy atom. The topological polar surface area (TPSA) is 51.0 Å². The van der Waals surface area contributed by atoms with E-state index in [1.807, 2.05) is 53.7 Å². The molecule has 0 saturated carbocycles. The molecule has 1 aliphatic heterocycles. The predicted molar refractivity (Wildman–Crippen MR) is 109 cm³/mol. The van der Waals surface area contributed by atoms with Gasteiger partial charge in [-0.3, -0.25) is 9.36 Å². The Kier molecular flexibility index (Phi) is 5.51. The lowest BCUT2D eigenvalue weighted by Crippen LogP contribution is -2.38. The zero-order chi connectivity index (χ0) is 19.3. The van der Waals surface area contributed by atoms with Gasteiger partial charge in [-0.15, -0.1) is 0 Å². The Labute approximate surface area is 166 Å².